The molecule has 12 heteroatoms. The first kappa shape index (κ1) is 28.2. The van der Waals surface area contributed by atoms with Crippen molar-refractivity contribution in [1.82, 2.24) is 24.4 Å². The van der Waals surface area contributed by atoms with E-state index >= 15 is 0 Å². The van der Waals surface area contributed by atoms with E-state index in [4.69, 9.17) is 14.5 Å². The number of fused-ring (bicyclic) bond motifs is 1. The number of methoxy groups -OCH3 is 1. The maximum Gasteiger partial charge on any atom is 0.247 e. The van der Waals surface area contributed by atoms with E-state index in [1.54, 1.807) is 41.2 Å². The number of carbonyl (C=O) groups is 1. The minimum absolute atomic E-state index is 0.253. The molecule has 0 bridgehead atoms. The van der Waals surface area contributed by atoms with Gasteiger partial charge in [0.25, 0.3) is 0 Å². The van der Waals surface area contributed by atoms with Gasteiger partial charge < -0.3 is 34.7 Å². The van der Waals surface area contributed by atoms with Crippen molar-refractivity contribution in [1.29, 1.82) is 0 Å². The van der Waals surface area contributed by atoms with Gasteiger partial charge in [0, 0.05) is 44.2 Å². The minimum Gasteiger partial charge on any atom is -0.494 e. The molecule has 0 atom stereocenters. The van der Waals surface area contributed by atoms with Gasteiger partial charge in [-0.25, -0.2) is 4.98 Å². The van der Waals surface area contributed by atoms with Crippen LogP contribution in [0.25, 0.3) is 16.6 Å². The monoisotopic (exact) mass is 522 g/mol. The van der Waals surface area contributed by atoms with Crippen molar-refractivity contribution in [3.8, 4) is 11.5 Å². The van der Waals surface area contributed by atoms with Gasteiger partial charge in [-0.1, -0.05) is 6.58 Å². The number of hydrogen-bond acceptors (Lipinski definition) is 10. The van der Waals surface area contributed by atoms with Gasteiger partial charge in [0.2, 0.25) is 11.9 Å². The van der Waals surface area contributed by atoms with E-state index in [1.807, 2.05) is 32.0 Å². The summed E-state index contributed by atoms with van der Waals surface area (Å²) in [4.78, 5) is 23.5. The van der Waals surface area contributed by atoms with Crippen molar-refractivity contribution in [2.45, 2.75) is 13.7 Å². The Labute approximate surface area is 221 Å². The number of likely N-dealkylation sites (N-methyl/N-ethyl adjacent to an activating group) is 1. The molecule has 0 saturated carbocycles. The molecule has 0 saturated heterocycles. The quantitative estimate of drug-likeness (QED) is 0.176. The Kier molecular flexibility index (Phi) is 9.41. The van der Waals surface area contributed by atoms with Gasteiger partial charge in [0.1, 0.15) is 30.5 Å². The second-order valence-electron chi connectivity index (χ2n) is 8.61. The van der Waals surface area contributed by atoms with Crippen molar-refractivity contribution >= 4 is 46.6 Å². The van der Waals surface area contributed by atoms with E-state index in [9.17, 15) is 9.90 Å². The number of aliphatic hydroxyl groups excluding tert-OH is 1. The van der Waals surface area contributed by atoms with Gasteiger partial charge >= 0.3 is 0 Å². The third kappa shape index (κ3) is 6.66. The topological polar surface area (TPSA) is 129 Å². The normalized spacial score (nSPS) is 11.4. The first-order chi connectivity index (χ1) is 18.2. The zero-order valence-electron chi connectivity index (χ0n) is 22.4. The van der Waals surface area contributed by atoms with Crippen LogP contribution in [0.3, 0.4) is 0 Å². The third-order valence-corrected chi connectivity index (χ3v) is 5.54. The number of rotatable bonds is 13. The molecule has 0 fully saturated rings. The van der Waals surface area contributed by atoms with Gasteiger partial charge in [-0.05, 0) is 44.8 Å². The number of anilines is 3. The van der Waals surface area contributed by atoms with Crippen molar-refractivity contribution in [2.24, 2.45) is 5.10 Å². The smallest absolute Gasteiger partial charge is 0.247 e. The number of aliphatic hydroxyl groups is 1. The number of allylic oxidation sites excluding steroid dienone is 1. The number of hydrogen-bond donors (Lipinski definition) is 3. The number of nitrogens with zero attached hydrogens (tertiary/aromatic N) is 6. The molecule has 0 aliphatic heterocycles. The molecule has 0 spiro atoms. The lowest BCUT2D eigenvalue weighted by Crippen LogP contribution is -2.20. The van der Waals surface area contributed by atoms with Crippen LogP contribution in [0.1, 0.15) is 12.6 Å². The van der Waals surface area contributed by atoms with Crippen LogP contribution in [-0.2, 0) is 11.5 Å². The Bertz CT molecular complexity index is 1350. The molecule has 3 rings (SSSR count). The fourth-order valence-corrected chi connectivity index (χ4v) is 3.61. The van der Waals surface area contributed by atoms with E-state index in [-0.39, 0.29) is 18.6 Å². The second-order valence-corrected chi connectivity index (χ2v) is 8.61. The van der Waals surface area contributed by atoms with Crippen LogP contribution in [0.4, 0.5) is 17.3 Å². The predicted octanol–water partition coefficient (Wildman–Crippen LogP) is 3.11. The van der Waals surface area contributed by atoms with Crippen molar-refractivity contribution < 1.29 is 19.4 Å². The van der Waals surface area contributed by atoms with Crippen LogP contribution in [0, 0.1) is 0 Å². The summed E-state index contributed by atoms with van der Waals surface area (Å²) in [7, 11) is 7.18. The molecule has 0 aliphatic rings. The highest BCUT2D eigenvalue weighted by molar-refractivity contribution is 6.00. The number of hydrazone groups is 1. The molecule has 12 nitrogen and oxygen atoms in total. The minimum atomic E-state index is -0.389. The number of aromatic nitrogens is 3. The van der Waals surface area contributed by atoms with Crippen molar-refractivity contribution in [3.63, 3.8) is 0 Å². The van der Waals surface area contributed by atoms with E-state index in [0.717, 1.165) is 11.0 Å². The maximum atomic E-state index is 12.1. The third-order valence-electron chi connectivity index (χ3n) is 5.54. The molecule has 0 unspecified atom stereocenters. The van der Waals surface area contributed by atoms with Gasteiger partial charge in [-0.2, -0.15) is 10.1 Å². The van der Waals surface area contributed by atoms with Crippen LogP contribution in [0.5, 0.6) is 11.5 Å². The highest BCUT2D eigenvalue weighted by Crippen LogP contribution is 2.38. The largest absolute Gasteiger partial charge is 0.494 e. The summed E-state index contributed by atoms with van der Waals surface area (Å²) < 4.78 is 13.1. The molecule has 2 aromatic heterocycles. The zero-order valence-corrected chi connectivity index (χ0v) is 22.4. The fraction of sp³-hybridized carbons (Fsp3) is 0.308. The summed E-state index contributed by atoms with van der Waals surface area (Å²) in [5.41, 5.74) is 2.90. The summed E-state index contributed by atoms with van der Waals surface area (Å²) in [6.07, 6.45) is 4.70. The Morgan fingerprint density at radius 2 is 2.00 bits per heavy atom. The maximum absolute atomic E-state index is 12.1. The van der Waals surface area contributed by atoms with Gasteiger partial charge in [0.05, 0.1) is 24.2 Å². The van der Waals surface area contributed by atoms with E-state index < -0.39 is 0 Å². The van der Waals surface area contributed by atoms with Crippen LogP contribution in [0.2, 0.25) is 0 Å². The van der Waals surface area contributed by atoms with E-state index in [0.29, 0.717) is 47.4 Å². The number of amides is 1. The number of benzene rings is 1. The molecule has 0 radical (unpaired) electrons. The lowest BCUT2D eigenvalue weighted by molar-refractivity contribution is -0.111. The Morgan fingerprint density at radius 3 is 2.63 bits per heavy atom. The predicted molar refractivity (Wildman–Crippen MR) is 150 cm³/mol. The molecular formula is C26H34N8O4. The molecule has 1 amide bonds. The Hall–Kier alpha value is -4.42. The van der Waals surface area contributed by atoms with E-state index in [2.05, 4.69) is 34.0 Å². The van der Waals surface area contributed by atoms with E-state index in [1.165, 1.54) is 13.2 Å². The van der Waals surface area contributed by atoms with Gasteiger partial charge in [-0.15, -0.1) is 0 Å². The first-order valence-corrected chi connectivity index (χ1v) is 11.8. The van der Waals surface area contributed by atoms with Crippen molar-refractivity contribution in [3.05, 3.63) is 48.9 Å². The van der Waals surface area contributed by atoms with Crippen LogP contribution >= 0.6 is 0 Å². The van der Waals surface area contributed by atoms with Gasteiger partial charge in [-0.3, -0.25) is 9.80 Å². The summed E-state index contributed by atoms with van der Waals surface area (Å²) in [6, 6.07) is 5.21. The Morgan fingerprint density at radius 1 is 1.24 bits per heavy atom. The average molecular weight is 523 g/mol. The second kappa shape index (κ2) is 12.7. The standard InChI is InChI=1S/C26H34N8O4/c1-8-23(36)28-20-13-19(21(37-7)14-22(20)38-12-11-32(4)5)29-26-30-24(17(2)15-33(6)27-3)18-9-10-34(16-35)25(18)31-26/h8-10,13-15,35H,1,3,11-12,16H2,2,4-7H3,(H,28,36)(H,29,30,31)/b17-15+. The fourth-order valence-electron chi connectivity index (χ4n) is 3.61. The molecule has 2 heterocycles. The molecule has 3 N–H and O–H groups in total. The first-order valence-electron chi connectivity index (χ1n) is 11.8. The van der Waals surface area contributed by atoms with Crippen LogP contribution in [0.15, 0.2) is 48.4 Å². The molecule has 3 aromatic rings. The molecular weight excluding hydrogens is 488 g/mol. The lowest BCUT2D eigenvalue weighted by Gasteiger charge is -2.18. The lowest BCUT2D eigenvalue weighted by atomic mass is 10.1. The summed E-state index contributed by atoms with van der Waals surface area (Å²) in [5.74, 6) is 0.755. The molecule has 0 aliphatic carbocycles. The average Bonchev–Trinajstić information content (AvgIpc) is 3.31. The van der Waals surface area contributed by atoms with Crippen molar-refractivity contribution in [2.75, 3.05) is 52.0 Å². The van der Waals surface area contributed by atoms with Crippen LogP contribution in [-0.4, -0.2) is 83.6 Å². The molecule has 38 heavy (non-hydrogen) atoms. The highest BCUT2D eigenvalue weighted by Gasteiger charge is 2.18. The summed E-state index contributed by atoms with van der Waals surface area (Å²) >= 11 is 0. The highest BCUT2D eigenvalue weighted by atomic mass is 16.5. The number of carbonyl (C=O) groups excluding carboxylic acids is 1. The molecule has 1 aromatic carbocycles. The summed E-state index contributed by atoms with van der Waals surface area (Å²) in [5, 5.41) is 22.0. The summed E-state index contributed by atoms with van der Waals surface area (Å²) in [6.45, 7) is 9.79. The zero-order chi connectivity index (χ0) is 27.8. The number of nitrogens with one attached hydrogen (secondary N) is 2. The SMILES string of the molecule is C=CC(=O)Nc1cc(Nc2nc(/C(C)=C/N(C)N=C)c3ccn(CO)c3n2)c(OC)cc1OCCN(C)C. The molecule has 202 valence electrons. The number of ether oxygens (including phenoxy) is 2. The van der Waals surface area contributed by atoms with Crippen LogP contribution < -0.4 is 20.1 Å². The van der Waals surface area contributed by atoms with Gasteiger partial charge in [0.15, 0.2) is 0 Å². The Balaban J connectivity index is 2.10.